The van der Waals surface area contributed by atoms with E-state index in [4.69, 9.17) is 15.2 Å². The van der Waals surface area contributed by atoms with Crippen LogP contribution in [0.15, 0.2) is 18.2 Å². The lowest BCUT2D eigenvalue weighted by Crippen LogP contribution is -2.15. The fourth-order valence-corrected chi connectivity index (χ4v) is 2.44. The molecule has 0 saturated heterocycles. The second-order valence-corrected chi connectivity index (χ2v) is 4.51. The van der Waals surface area contributed by atoms with Crippen LogP contribution in [-0.2, 0) is 4.74 Å². The molecule has 0 aliphatic heterocycles. The second kappa shape index (κ2) is 4.78. The van der Waals surface area contributed by atoms with Gasteiger partial charge in [-0.05, 0) is 18.2 Å². The summed E-state index contributed by atoms with van der Waals surface area (Å²) in [6, 6.07) is 5.64. The van der Waals surface area contributed by atoms with Crippen LogP contribution in [0, 0.1) is 0 Å². The number of fused-ring (bicyclic) bond motifs is 1. The lowest BCUT2D eigenvalue weighted by molar-refractivity contribution is 0.181. The molecule has 0 radical (unpaired) electrons. The predicted molar refractivity (Wildman–Crippen MR) is 65.0 cm³/mol. The number of thiazole rings is 1. The Bertz CT molecular complexity index is 484. The van der Waals surface area contributed by atoms with Gasteiger partial charge >= 0.3 is 0 Å². The van der Waals surface area contributed by atoms with Gasteiger partial charge in [0.05, 0.1) is 30.0 Å². The minimum Gasteiger partial charge on any atom is -0.497 e. The van der Waals surface area contributed by atoms with E-state index in [1.807, 2.05) is 18.2 Å². The van der Waals surface area contributed by atoms with Gasteiger partial charge in [0.15, 0.2) is 0 Å². The van der Waals surface area contributed by atoms with Crippen LogP contribution in [0.1, 0.15) is 11.0 Å². The summed E-state index contributed by atoms with van der Waals surface area (Å²) in [6.07, 6.45) is 0. The first-order chi connectivity index (χ1) is 7.74. The normalized spacial score (nSPS) is 12.9. The van der Waals surface area contributed by atoms with Crippen molar-refractivity contribution >= 4 is 21.6 Å². The van der Waals surface area contributed by atoms with Gasteiger partial charge < -0.3 is 15.2 Å². The lowest BCUT2D eigenvalue weighted by atomic mass is 10.3. The summed E-state index contributed by atoms with van der Waals surface area (Å²) >= 11 is 1.58. The zero-order valence-electron chi connectivity index (χ0n) is 9.27. The molecule has 16 heavy (non-hydrogen) atoms. The molecule has 86 valence electrons. The summed E-state index contributed by atoms with van der Waals surface area (Å²) in [5.74, 6) is 0.836. The van der Waals surface area contributed by atoms with E-state index in [2.05, 4.69) is 4.98 Å². The summed E-state index contributed by atoms with van der Waals surface area (Å²) in [5, 5.41) is 0.894. The van der Waals surface area contributed by atoms with Crippen LogP contribution in [0.5, 0.6) is 5.75 Å². The molecule has 0 bridgehead atoms. The smallest absolute Gasteiger partial charge is 0.120 e. The van der Waals surface area contributed by atoms with Crippen LogP contribution in [0.2, 0.25) is 0 Å². The summed E-state index contributed by atoms with van der Waals surface area (Å²) in [7, 11) is 3.29. The molecule has 2 aromatic rings. The summed E-state index contributed by atoms with van der Waals surface area (Å²) in [6.45, 7) is 0.483. The van der Waals surface area contributed by atoms with E-state index in [0.29, 0.717) is 6.61 Å². The van der Waals surface area contributed by atoms with Crippen LogP contribution in [0.25, 0.3) is 10.2 Å². The van der Waals surface area contributed by atoms with Gasteiger partial charge in [-0.1, -0.05) is 0 Å². The summed E-state index contributed by atoms with van der Waals surface area (Å²) < 4.78 is 11.3. The van der Waals surface area contributed by atoms with Crippen molar-refractivity contribution in [1.82, 2.24) is 4.98 Å². The Morgan fingerprint density at radius 2 is 2.25 bits per heavy atom. The highest BCUT2D eigenvalue weighted by molar-refractivity contribution is 7.18. The standard InChI is InChI=1S/C11H14N2O2S/c1-14-6-8(12)11-13-9-4-3-7(15-2)5-10(9)16-11/h3-5,8H,6,12H2,1-2H3. The Kier molecular flexibility index (Phi) is 3.38. The van der Waals surface area contributed by atoms with Crippen molar-refractivity contribution in [2.75, 3.05) is 20.8 Å². The Labute approximate surface area is 98.0 Å². The van der Waals surface area contributed by atoms with Crippen molar-refractivity contribution in [3.63, 3.8) is 0 Å². The molecule has 2 rings (SSSR count). The van der Waals surface area contributed by atoms with Gasteiger partial charge in [0.2, 0.25) is 0 Å². The molecule has 0 amide bonds. The topological polar surface area (TPSA) is 57.4 Å². The lowest BCUT2D eigenvalue weighted by Gasteiger charge is -2.04. The van der Waals surface area contributed by atoms with Crippen molar-refractivity contribution in [2.45, 2.75) is 6.04 Å². The monoisotopic (exact) mass is 238 g/mol. The van der Waals surface area contributed by atoms with E-state index >= 15 is 0 Å². The predicted octanol–water partition coefficient (Wildman–Crippen LogP) is 1.95. The Morgan fingerprint density at radius 1 is 1.44 bits per heavy atom. The van der Waals surface area contributed by atoms with E-state index < -0.39 is 0 Å². The number of benzene rings is 1. The number of hydrogen-bond donors (Lipinski definition) is 1. The van der Waals surface area contributed by atoms with Crippen molar-refractivity contribution in [3.05, 3.63) is 23.2 Å². The molecule has 5 heteroatoms. The molecular weight excluding hydrogens is 224 g/mol. The maximum atomic E-state index is 5.93. The number of hydrogen-bond acceptors (Lipinski definition) is 5. The highest BCUT2D eigenvalue weighted by Crippen LogP contribution is 2.28. The minimum absolute atomic E-state index is 0.159. The minimum atomic E-state index is -0.159. The molecule has 1 heterocycles. The SMILES string of the molecule is COCC(N)c1nc2ccc(OC)cc2s1. The van der Waals surface area contributed by atoms with Gasteiger partial charge in [-0.2, -0.15) is 0 Å². The Hall–Kier alpha value is -1.17. The first-order valence-corrected chi connectivity index (χ1v) is 5.75. The van der Waals surface area contributed by atoms with Gasteiger partial charge in [-0.15, -0.1) is 11.3 Å². The highest BCUT2D eigenvalue weighted by Gasteiger charge is 2.11. The number of ether oxygens (including phenoxy) is 2. The molecule has 1 aromatic carbocycles. The third kappa shape index (κ3) is 2.16. The maximum Gasteiger partial charge on any atom is 0.120 e. The second-order valence-electron chi connectivity index (χ2n) is 3.45. The first-order valence-electron chi connectivity index (χ1n) is 4.93. The largest absolute Gasteiger partial charge is 0.497 e. The van der Waals surface area contributed by atoms with Crippen LogP contribution < -0.4 is 10.5 Å². The van der Waals surface area contributed by atoms with Crippen molar-refractivity contribution in [2.24, 2.45) is 5.73 Å². The molecular formula is C11H14N2O2S. The van der Waals surface area contributed by atoms with Gasteiger partial charge in [0.25, 0.3) is 0 Å². The molecule has 1 atom stereocenters. The van der Waals surface area contributed by atoms with Crippen molar-refractivity contribution in [1.29, 1.82) is 0 Å². The third-order valence-electron chi connectivity index (χ3n) is 2.28. The number of methoxy groups -OCH3 is 2. The van der Waals surface area contributed by atoms with Gasteiger partial charge in [-0.3, -0.25) is 0 Å². The molecule has 0 aliphatic rings. The fraction of sp³-hybridized carbons (Fsp3) is 0.364. The number of rotatable bonds is 4. The molecule has 0 saturated carbocycles. The van der Waals surface area contributed by atoms with Crippen LogP contribution in [-0.4, -0.2) is 25.8 Å². The average molecular weight is 238 g/mol. The number of nitrogens with zero attached hydrogens (tertiary/aromatic N) is 1. The molecule has 1 aromatic heterocycles. The van der Waals surface area contributed by atoms with Crippen LogP contribution in [0.3, 0.4) is 0 Å². The van der Waals surface area contributed by atoms with Gasteiger partial charge in [0, 0.05) is 7.11 Å². The zero-order valence-corrected chi connectivity index (χ0v) is 10.1. The Morgan fingerprint density at radius 3 is 2.94 bits per heavy atom. The Balaban J connectivity index is 2.35. The van der Waals surface area contributed by atoms with Crippen LogP contribution in [0.4, 0.5) is 0 Å². The molecule has 0 aliphatic carbocycles. The summed E-state index contributed by atoms with van der Waals surface area (Å²) in [5.41, 5.74) is 6.88. The van der Waals surface area contributed by atoms with E-state index in [-0.39, 0.29) is 6.04 Å². The van der Waals surface area contributed by atoms with Crippen molar-refractivity contribution in [3.8, 4) is 5.75 Å². The van der Waals surface area contributed by atoms with E-state index in [1.54, 1.807) is 25.6 Å². The van der Waals surface area contributed by atoms with E-state index in [1.165, 1.54) is 0 Å². The first kappa shape index (κ1) is 11.3. The number of aromatic nitrogens is 1. The maximum absolute atomic E-state index is 5.93. The molecule has 0 fully saturated rings. The summed E-state index contributed by atoms with van der Waals surface area (Å²) in [4.78, 5) is 4.46. The van der Waals surface area contributed by atoms with Crippen LogP contribution >= 0.6 is 11.3 Å². The molecule has 1 unspecified atom stereocenters. The third-order valence-corrected chi connectivity index (χ3v) is 3.43. The van der Waals surface area contributed by atoms with Gasteiger partial charge in [0.1, 0.15) is 10.8 Å². The molecule has 4 nitrogen and oxygen atoms in total. The fourth-order valence-electron chi connectivity index (χ4n) is 1.46. The highest BCUT2D eigenvalue weighted by atomic mass is 32.1. The average Bonchev–Trinajstić information content (AvgIpc) is 2.71. The van der Waals surface area contributed by atoms with E-state index in [0.717, 1.165) is 21.0 Å². The molecule has 2 N–H and O–H groups in total. The van der Waals surface area contributed by atoms with Gasteiger partial charge in [-0.25, -0.2) is 4.98 Å². The zero-order chi connectivity index (χ0) is 11.5. The number of nitrogens with two attached hydrogens (primary N) is 1. The molecule has 0 spiro atoms. The quantitative estimate of drug-likeness (QED) is 0.884. The van der Waals surface area contributed by atoms with Crippen molar-refractivity contribution < 1.29 is 9.47 Å². The van der Waals surface area contributed by atoms with E-state index in [9.17, 15) is 0 Å².